The number of carbonyl (C=O) groups is 2. The molecule has 0 radical (unpaired) electrons. The third kappa shape index (κ3) is 8.74. The van der Waals surface area contributed by atoms with Gasteiger partial charge in [-0.2, -0.15) is 26.3 Å². The van der Waals surface area contributed by atoms with E-state index in [4.69, 9.17) is 34.8 Å². The number of carbonyl (C=O) groups excluding carboxylic acids is 2. The van der Waals surface area contributed by atoms with Crippen LogP contribution >= 0.6 is 34.8 Å². The number of halogens is 10. The van der Waals surface area contributed by atoms with Gasteiger partial charge in [0, 0.05) is 12.1 Å². The van der Waals surface area contributed by atoms with Crippen LogP contribution in [0.2, 0.25) is 15.1 Å². The molecule has 0 spiro atoms. The number of hydrogen-bond acceptors (Lipinski definition) is 2. The summed E-state index contributed by atoms with van der Waals surface area (Å²) in [5, 5.41) is 3.73. The Hall–Kier alpha value is -2.50. The van der Waals surface area contributed by atoms with Crippen LogP contribution in [0.4, 0.5) is 30.7 Å². The van der Waals surface area contributed by atoms with Crippen molar-refractivity contribution in [2.24, 2.45) is 0 Å². The molecule has 14 heteroatoms. The summed E-state index contributed by atoms with van der Waals surface area (Å²) in [6, 6.07) is 1.97. The highest BCUT2D eigenvalue weighted by Gasteiger charge is 2.41. The number of hydrogen-bond donors (Lipinski definition) is 2. The van der Waals surface area contributed by atoms with Crippen molar-refractivity contribution in [1.29, 1.82) is 0 Å². The second kappa shape index (κ2) is 13.2. The van der Waals surface area contributed by atoms with Crippen molar-refractivity contribution >= 4 is 52.4 Å². The molecule has 0 aliphatic carbocycles. The number of amides is 2. The lowest BCUT2D eigenvalue weighted by Gasteiger charge is -2.19. The molecule has 0 aliphatic heterocycles. The van der Waals surface area contributed by atoms with E-state index in [1.807, 2.05) is 6.92 Å². The van der Waals surface area contributed by atoms with Gasteiger partial charge in [-0.1, -0.05) is 54.2 Å². The molecule has 2 atom stereocenters. The highest BCUT2D eigenvalue weighted by atomic mass is 35.5. The second-order valence-corrected chi connectivity index (χ2v) is 9.62. The molecule has 0 saturated heterocycles. The molecule has 2 aromatic rings. The van der Waals surface area contributed by atoms with E-state index < -0.39 is 64.2 Å². The van der Waals surface area contributed by atoms with Gasteiger partial charge in [0.15, 0.2) is 0 Å². The van der Waals surface area contributed by atoms with Gasteiger partial charge in [-0.3, -0.25) is 9.59 Å². The molecule has 214 valence electrons. The van der Waals surface area contributed by atoms with Crippen LogP contribution in [0, 0.1) is 0 Å². The summed E-state index contributed by atoms with van der Waals surface area (Å²) < 4.78 is 97.6. The fourth-order valence-electron chi connectivity index (χ4n) is 3.38. The van der Waals surface area contributed by atoms with Gasteiger partial charge in [-0.25, -0.2) is 4.39 Å². The van der Waals surface area contributed by atoms with Gasteiger partial charge in [0.05, 0.1) is 26.2 Å². The summed E-state index contributed by atoms with van der Waals surface area (Å²) in [7, 11) is 0. The first-order valence-corrected chi connectivity index (χ1v) is 12.5. The molecule has 4 nitrogen and oxygen atoms in total. The van der Waals surface area contributed by atoms with Crippen LogP contribution in [0.5, 0.6) is 0 Å². The molecule has 2 rings (SSSR count). The number of nitrogens with one attached hydrogen (secondary N) is 2. The summed E-state index contributed by atoms with van der Waals surface area (Å²) in [4.78, 5) is 24.6. The quantitative estimate of drug-likeness (QED) is 0.168. The third-order valence-corrected chi connectivity index (χ3v) is 6.64. The summed E-state index contributed by atoms with van der Waals surface area (Å²) in [5.41, 5.74) is -4.03. The lowest BCUT2D eigenvalue weighted by Crippen LogP contribution is -2.45. The summed E-state index contributed by atoms with van der Waals surface area (Å²) in [6.07, 6.45) is -8.78. The molecule has 0 fully saturated rings. The van der Waals surface area contributed by atoms with Crippen molar-refractivity contribution in [3.63, 3.8) is 0 Å². The number of alkyl halides is 6. The van der Waals surface area contributed by atoms with E-state index >= 15 is 0 Å². The average Bonchev–Trinajstić information content (AvgIpc) is 2.83. The topological polar surface area (TPSA) is 58.2 Å². The number of allylic oxidation sites excluding steroid dienone is 1. The van der Waals surface area contributed by atoms with Crippen molar-refractivity contribution in [3.8, 4) is 0 Å². The molecule has 0 aromatic heterocycles. The Labute approximate surface area is 234 Å². The van der Waals surface area contributed by atoms with Gasteiger partial charge >= 0.3 is 12.4 Å². The molecule has 0 bridgehead atoms. The Morgan fingerprint density at radius 3 is 2.10 bits per heavy atom. The van der Waals surface area contributed by atoms with Crippen LogP contribution in [-0.4, -0.2) is 30.6 Å². The van der Waals surface area contributed by atoms with Crippen LogP contribution < -0.4 is 10.6 Å². The zero-order chi connectivity index (χ0) is 29.7. The van der Waals surface area contributed by atoms with Crippen molar-refractivity contribution < 1.29 is 40.3 Å². The van der Waals surface area contributed by atoms with Crippen LogP contribution in [0.3, 0.4) is 0 Å². The monoisotopic (exact) mass is 620 g/mol. The van der Waals surface area contributed by atoms with Crippen LogP contribution in [0.15, 0.2) is 36.4 Å². The maximum atomic E-state index is 15.0. The molecule has 0 aliphatic rings. The van der Waals surface area contributed by atoms with Gasteiger partial charge in [0.2, 0.25) is 5.91 Å². The largest absolute Gasteiger partial charge is 0.417 e. The summed E-state index contributed by atoms with van der Waals surface area (Å²) in [5.74, 6) is -6.21. The van der Waals surface area contributed by atoms with E-state index in [0.717, 1.165) is 24.6 Å². The lowest BCUT2D eigenvalue weighted by atomic mass is 9.95. The van der Waals surface area contributed by atoms with Crippen LogP contribution in [-0.2, 0) is 11.0 Å². The van der Waals surface area contributed by atoms with Crippen LogP contribution in [0.25, 0.3) is 5.83 Å². The molecule has 2 amide bonds. The van der Waals surface area contributed by atoms with Gasteiger partial charge < -0.3 is 10.6 Å². The molecule has 0 saturated carbocycles. The fraction of sp³-hybridized carbons (Fsp3) is 0.360. The predicted octanol–water partition coefficient (Wildman–Crippen LogP) is 8.36. The van der Waals surface area contributed by atoms with Crippen LogP contribution in [0.1, 0.15) is 59.7 Å². The minimum atomic E-state index is -5.18. The normalized spacial score (nSPS) is 14.1. The lowest BCUT2D eigenvalue weighted by molar-refractivity contribution is -0.140. The summed E-state index contributed by atoms with van der Waals surface area (Å²) in [6.45, 7) is 3.44. The van der Waals surface area contributed by atoms with Crippen molar-refractivity contribution in [3.05, 3.63) is 73.7 Å². The molecule has 2 N–H and O–H groups in total. The predicted molar refractivity (Wildman–Crippen MR) is 136 cm³/mol. The number of rotatable bonds is 9. The average molecular weight is 622 g/mol. The van der Waals surface area contributed by atoms with E-state index in [0.29, 0.717) is 19.0 Å². The number of unbranched alkanes of at least 4 members (excludes halogenated alkanes) is 1. The molecule has 2 unspecified atom stereocenters. The van der Waals surface area contributed by atoms with Crippen molar-refractivity contribution in [2.75, 3.05) is 6.54 Å². The van der Waals surface area contributed by atoms with E-state index in [1.165, 1.54) is 6.92 Å². The Kier molecular flexibility index (Phi) is 11.1. The SMILES string of the molecule is CCCCNC(=O)C(C)NC(=O)c1ccc(/C(F)=C/C(c2cc(Cl)c(Cl)c(Cl)c2)C(F)(F)F)cc1C(F)(F)F. The standard InChI is InChI=1S/C25H22Cl3F7N2O2/c1-3-4-7-36-22(38)12(2)37-23(39)15-6-5-13(8-17(15)25(33,34)35)20(29)11-16(24(30,31)32)14-9-18(26)21(28)19(27)10-14/h5-6,8-12,16H,3-4,7H2,1-2H3,(H,36,38)(H,37,39)/b20-11-. The Morgan fingerprint density at radius 1 is 1.00 bits per heavy atom. The van der Waals surface area contributed by atoms with E-state index in [1.54, 1.807) is 0 Å². The minimum absolute atomic E-state index is 0.0633. The van der Waals surface area contributed by atoms with Crippen molar-refractivity contribution in [2.45, 2.75) is 51.0 Å². The molecule has 2 aromatic carbocycles. The smallest absolute Gasteiger partial charge is 0.354 e. The van der Waals surface area contributed by atoms with Crippen molar-refractivity contribution in [1.82, 2.24) is 10.6 Å². The first-order chi connectivity index (χ1) is 18.0. The molecular formula is C25H22Cl3F7N2O2. The Bertz CT molecular complexity index is 1220. The molecule has 39 heavy (non-hydrogen) atoms. The highest BCUT2D eigenvalue weighted by molar-refractivity contribution is 6.48. The molecular weight excluding hydrogens is 600 g/mol. The zero-order valence-electron chi connectivity index (χ0n) is 20.3. The van der Waals surface area contributed by atoms with Gasteiger partial charge in [-0.05, 0) is 49.2 Å². The van der Waals surface area contributed by atoms with Gasteiger partial charge in [-0.15, -0.1) is 0 Å². The summed E-state index contributed by atoms with van der Waals surface area (Å²) >= 11 is 17.3. The zero-order valence-corrected chi connectivity index (χ0v) is 22.6. The van der Waals surface area contributed by atoms with E-state index in [-0.39, 0.29) is 27.2 Å². The highest BCUT2D eigenvalue weighted by Crippen LogP contribution is 2.42. The van der Waals surface area contributed by atoms with E-state index in [9.17, 15) is 40.3 Å². The minimum Gasteiger partial charge on any atom is -0.354 e. The number of benzene rings is 2. The fourth-order valence-corrected chi connectivity index (χ4v) is 4.00. The first-order valence-electron chi connectivity index (χ1n) is 11.4. The van der Waals surface area contributed by atoms with Gasteiger partial charge in [0.1, 0.15) is 17.8 Å². The first kappa shape index (κ1) is 32.7. The Morgan fingerprint density at radius 2 is 1.59 bits per heavy atom. The maximum absolute atomic E-state index is 15.0. The molecule has 0 heterocycles. The van der Waals surface area contributed by atoms with Gasteiger partial charge in [0.25, 0.3) is 5.91 Å². The maximum Gasteiger partial charge on any atom is 0.417 e. The van der Waals surface area contributed by atoms with E-state index in [2.05, 4.69) is 10.6 Å². The third-order valence-electron chi connectivity index (χ3n) is 5.45. The Balaban J connectivity index is 2.45. The second-order valence-electron chi connectivity index (χ2n) is 8.43.